The predicted octanol–water partition coefficient (Wildman–Crippen LogP) is 2.26. The lowest BCUT2D eigenvalue weighted by molar-refractivity contribution is 1.02. The average molecular weight is 188 g/mol. The van der Waals surface area contributed by atoms with Gasteiger partial charge in [0, 0.05) is 5.92 Å². The Hall–Kier alpha value is -1.31. The highest BCUT2D eigenvalue weighted by Gasteiger charge is 2.24. The molecule has 14 heavy (non-hydrogen) atoms. The van der Waals surface area contributed by atoms with Crippen molar-refractivity contribution < 1.29 is 0 Å². The number of aryl methyl sites for hydroxylation is 1. The van der Waals surface area contributed by atoms with Crippen LogP contribution in [0.1, 0.15) is 24.0 Å². The fraction of sp³-hybridized carbons (Fsp3) is 0.417. The van der Waals surface area contributed by atoms with Crippen molar-refractivity contribution in [2.45, 2.75) is 26.3 Å². The van der Waals surface area contributed by atoms with Gasteiger partial charge >= 0.3 is 0 Å². The molecule has 0 bridgehead atoms. The molecule has 1 fully saturated rings. The normalized spacial score (nSPS) is 17.1. The lowest BCUT2D eigenvalue weighted by Gasteiger charge is -2.00. The zero-order chi connectivity index (χ0) is 9.97. The van der Waals surface area contributed by atoms with Gasteiger partial charge in [0.25, 0.3) is 0 Å². The average Bonchev–Trinajstić information content (AvgIpc) is 2.97. The summed E-state index contributed by atoms with van der Waals surface area (Å²) in [7, 11) is 0. The van der Waals surface area contributed by atoms with Crippen LogP contribution >= 0.6 is 0 Å². The molecule has 0 amide bonds. The van der Waals surface area contributed by atoms with E-state index < -0.39 is 0 Å². The third-order valence-corrected chi connectivity index (χ3v) is 2.52. The molecular formula is C12H16N2. The number of benzene rings is 1. The van der Waals surface area contributed by atoms with Gasteiger partial charge < -0.3 is 5.73 Å². The molecule has 1 aromatic carbocycles. The van der Waals surface area contributed by atoms with Crippen molar-refractivity contribution in [1.82, 2.24) is 0 Å². The number of hydrogen-bond acceptors (Lipinski definition) is 1. The number of rotatable bonds is 3. The summed E-state index contributed by atoms with van der Waals surface area (Å²) in [5.74, 6) is 1.42. The second-order valence-electron chi connectivity index (χ2n) is 4.00. The summed E-state index contributed by atoms with van der Waals surface area (Å²) < 4.78 is 0. The fourth-order valence-electron chi connectivity index (χ4n) is 1.50. The van der Waals surface area contributed by atoms with Gasteiger partial charge in [-0.2, -0.15) is 0 Å². The van der Waals surface area contributed by atoms with Crippen LogP contribution in [0.4, 0.5) is 0 Å². The van der Waals surface area contributed by atoms with Crippen LogP contribution in [0, 0.1) is 12.8 Å². The highest BCUT2D eigenvalue weighted by molar-refractivity contribution is 5.84. The van der Waals surface area contributed by atoms with E-state index in [9.17, 15) is 0 Å². The number of nitrogens with zero attached hydrogens (tertiary/aromatic N) is 1. The summed E-state index contributed by atoms with van der Waals surface area (Å²) in [5.41, 5.74) is 8.34. The van der Waals surface area contributed by atoms with E-state index in [1.54, 1.807) is 0 Å². The van der Waals surface area contributed by atoms with E-state index in [4.69, 9.17) is 5.73 Å². The molecule has 0 saturated heterocycles. The smallest absolute Gasteiger partial charge is 0.0972 e. The van der Waals surface area contributed by atoms with Gasteiger partial charge in [0.1, 0.15) is 0 Å². The van der Waals surface area contributed by atoms with Crippen LogP contribution < -0.4 is 5.73 Å². The van der Waals surface area contributed by atoms with Crippen LogP contribution in [0.2, 0.25) is 0 Å². The minimum absolute atomic E-state index is 0.583. The molecule has 1 aliphatic rings. The molecule has 1 saturated carbocycles. The number of nitrogens with two attached hydrogens (primary N) is 1. The van der Waals surface area contributed by atoms with Gasteiger partial charge in [-0.25, -0.2) is 0 Å². The summed E-state index contributed by atoms with van der Waals surface area (Å²) >= 11 is 0. The highest BCUT2D eigenvalue weighted by Crippen LogP contribution is 2.28. The van der Waals surface area contributed by atoms with Crippen molar-refractivity contribution in [3.63, 3.8) is 0 Å². The van der Waals surface area contributed by atoms with Gasteiger partial charge in [0.2, 0.25) is 0 Å². The molecule has 2 nitrogen and oxygen atoms in total. The monoisotopic (exact) mass is 188 g/mol. The van der Waals surface area contributed by atoms with Crippen LogP contribution in [0.25, 0.3) is 0 Å². The Bertz CT molecular complexity index is 351. The molecule has 2 N–H and O–H groups in total. The Kier molecular flexibility index (Phi) is 2.53. The van der Waals surface area contributed by atoms with E-state index in [0.29, 0.717) is 5.92 Å². The van der Waals surface area contributed by atoms with E-state index in [1.807, 2.05) is 0 Å². The predicted molar refractivity (Wildman–Crippen MR) is 59.2 cm³/mol. The first-order chi connectivity index (χ1) is 6.75. The standard InChI is InChI=1S/C12H16N2/c1-9-3-2-4-10(7-9)8-14-12(13)11-5-6-11/h2-4,7,11H,5-6,8H2,1H3,(H2,13,14). The molecule has 0 aromatic heterocycles. The van der Waals surface area contributed by atoms with Crippen LogP contribution in [0.15, 0.2) is 29.3 Å². The fourth-order valence-corrected chi connectivity index (χ4v) is 1.50. The molecule has 1 aromatic rings. The van der Waals surface area contributed by atoms with E-state index in [2.05, 4.69) is 36.2 Å². The van der Waals surface area contributed by atoms with E-state index in [1.165, 1.54) is 24.0 Å². The van der Waals surface area contributed by atoms with Gasteiger partial charge in [-0.1, -0.05) is 29.8 Å². The quantitative estimate of drug-likeness (QED) is 0.573. The molecule has 0 heterocycles. The molecule has 74 valence electrons. The van der Waals surface area contributed by atoms with Gasteiger partial charge in [0.05, 0.1) is 12.4 Å². The van der Waals surface area contributed by atoms with Gasteiger partial charge in [-0.3, -0.25) is 4.99 Å². The van der Waals surface area contributed by atoms with Gasteiger partial charge in [-0.15, -0.1) is 0 Å². The molecule has 0 spiro atoms. The Labute approximate surface area is 84.9 Å². The molecule has 0 unspecified atom stereocenters. The van der Waals surface area contributed by atoms with Crippen molar-refractivity contribution in [3.05, 3.63) is 35.4 Å². The maximum atomic E-state index is 5.81. The van der Waals surface area contributed by atoms with Crippen molar-refractivity contribution in [2.75, 3.05) is 0 Å². The first-order valence-corrected chi connectivity index (χ1v) is 5.11. The van der Waals surface area contributed by atoms with Crippen LogP contribution in [-0.2, 0) is 6.54 Å². The Morgan fingerprint density at radius 3 is 2.93 bits per heavy atom. The van der Waals surface area contributed by atoms with E-state index in [0.717, 1.165) is 12.4 Å². The van der Waals surface area contributed by atoms with Gasteiger partial charge in [0.15, 0.2) is 0 Å². The molecule has 0 atom stereocenters. The lowest BCUT2D eigenvalue weighted by atomic mass is 10.1. The van der Waals surface area contributed by atoms with Crippen LogP contribution in [0.3, 0.4) is 0 Å². The zero-order valence-corrected chi connectivity index (χ0v) is 8.53. The number of aliphatic imine (C=N–C) groups is 1. The zero-order valence-electron chi connectivity index (χ0n) is 8.53. The van der Waals surface area contributed by atoms with Crippen LogP contribution in [-0.4, -0.2) is 5.84 Å². The number of amidine groups is 1. The minimum Gasteiger partial charge on any atom is -0.387 e. The molecule has 2 heteroatoms. The molecular weight excluding hydrogens is 172 g/mol. The van der Waals surface area contributed by atoms with Crippen LogP contribution in [0.5, 0.6) is 0 Å². The molecule has 2 rings (SSSR count). The summed E-state index contributed by atoms with van der Waals surface area (Å²) in [6, 6.07) is 8.41. The minimum atomic E-state index is 0.583. The molecule has 0 radical (unpaired) electrons. The summed E-state index contributed by atoms with van der Waals surface area (Å²) in [6.45, 7) is 2.82. The maximum absolute atomic E-state index is 5.81. The molecule has 1 aliphatic carbocycles. The third kappa shape index (κ3) is 2.34. The number of hydrogen-bond donors (Lipinski definition) is 1. The van der Waals surface area contributed by atoms with Crippen molar-refractivity contribution >= 4 is 5.84 Å². The van der Waals surface area contributed by atoms with E-state index in [-0.39, 0.29) is 0 Å². The first-order valence-electron chi connectivity index (χ1n) is 5.11. The topological polar surface area (TPSA) is 38.4 Å². The second kappa shape index (κ2) is 3.82. The lowest BCUT2D eigenvalue weighted by Crippen LogP contribution is -2.14. The Morgan fingerprint density at radius 2 is 2.29 bits per heavy atom. The molecule has 0 aliphatic heterocycles. The van der Waals surface area contributed by atoms with Crippen molar-refractivity contribution in [3.8, 4) is 0 Å². The first kappa shape index (κ1) is 9.25. The van der Waals surface area contributed by atoms with E-state index >= 15 is 0 Å². The maximum Gasteiger partial charge on any atom is 0.0972 e. The van der Waals surface area contributed by atoms with Crippen molar-refractivity contribution in [1.29, 1.82) is 0 Å². The van der Waals surface area contributed by atoms with Gasteiger partial charge in [-0.05, 0) is 25.3 Å². The summed E-state index contributed by atoms with van der Waals surface area (Å²) in [4.78, 5) is 4.39. The summed E-state index contributed by atoms with van der Waals surface area (Å²) in [5, 5.41) is 0. The SMILES string of the molecule is Cc1cccc(CN=C(N)C2CC2)c1. The Morgan fingerprint density at radius 1 is 1.50 bits per heavy atom. The Balaban J connectivity index is 2.00. The largest absolute Gasteiger partial charge is 0.387 e. The summed E-state index contributed by atoms with van der Waals surface area (Å²) in [6.07, 6.45) is 2.45. The third-order valence-electron chi connectivity index (χ3n) is 2.52. The highest BCUT2D eigenvalue weighted by atomic mass is 14.9. The van der Waals surface area contributed by atoms with Crippen molar-refractivity contribution in [2.24, 2.45) is 16.6 Å². The second-order valence-corrected chi connectivity index (χ2v) is 4.00.